The van der Waals surface area contributed by atoms with E-state index in [1.165, 1.54) is 0 Å². The first-order chi connectivity index (χ1) is 14.7. The molecule has 0 aliphatic heterocycles. The molecule has 1 heterocycles. The first kappa shape index (κ1) is 23.4. The summed E-state index contributed by atoms with van der Waals surface area (Å²) in [4.78, 5) is 28.0. The third-order valence-electron chi connectivity index (χ3n) is 6.49. The minimum absolute atomic E-state index is 0.0515. The maximum atomic E-state index is 12.3. The fraction of sp³-hybridized carbons (Fsp3) is 0.708. The quantitative estimate of drug-likeness (QED) is 0.524. The van der Waals surface area contributed by atoms with Crippen molar-refractivity contribution in [2.75, 3.05) is 6.54 Å². The highest BCUT2D eigenvalue weighted by molar-refractivity contribution is 5.94. The molecule has 2 saturated carbocycles. The topological polar surface area (TPSA) is 106 Å². The molecule has 7 nitrogen and oxygen atoms in total. The van der Waals surface area contributed by atoms with E-state index in [1.807, 2.05) is 0 Å². The van der Waals surface area contributed by atoms with E-state index in [4.69, 9.17) is 10.5 Å². The van der Waals surface area contributed by atoms with Crippen molar-refractivity contribution >= 4 is 11.9 Å². The van der Waals surface area contributed by atoms with Gasteiger partial charge in [0.05, 0.1) is 0 Å². The maximum Gasteiger partial charge on any atom is 0.315 e. The number of nitrogens with one attached hydrogen (secondary N) is 2. The van der Waals surface area contributed by atoms with Crippen molar-refractivity contribution in [1.82, 2.24) is 15.6 Å². The molecule has 0 saturated heterocycles. The molecular formula is C24H38N4O3. The van der Waals surface area contributed by atoms with Crippen LogP contribution in [0, 0.1) is 23.2 Å². The lowest BCUT2D eigenvalue weighted by atomic mass is 9.53. The largest absolute Gasteiger partial charge is 0.474 e. The second kappa shape index (κ2) is 9.88. The van der Waals surface area contributed by atoms with Gasteiger partial charge in [-0.15, -0.1) is 0 Å². The van der Waals surface area contributed by atoms with Crippen LogP contribution >= 0.6 is 0 Å². The van der Waals surface area contributed by atoms with Crippen molar-refractivity contribution in [2.45, 2.75) is 78.4 Å². The average molecular weight is 431 g/mol. The number of amides is 3. The van der Waals surface area contributed by atoms with Crippen molar-refractivity contribution in [3.63, 3.8) is 0 Å². The Balaban J connectivity index is 1.36. The Kier molecular flexibility index (Phi) is 7.44. The number of hydrogen-bond acceptors (Lipinski definition) is 4. The molecule has 31 heavy (non-hydrogen) atoms. The van der Waals surface area contributed by atoms with E-state index in [-0.39, 0.29) is 23.6 Å². The molecule has 4 N–H and O–H groups in total. The summed E-state index contributed by atoms with van der Waals surface area (Å²) in [5.41, 5.74) is 5.96. The van der Waals surface area contributed by atoms with Gasteiger partial charge in [0.1, 0.15) is 11.7 Å². The van der Waals surface area contributed by atoms with Crippen LogP contribution in [-0.2, 0) is 0 Å². The molecule has 3 rings (SSSR count). The minimum atomic E-state index is -0.528. The molecular weight excluding hydrogens is 392 g/mol. The summed E-state index contributed by atoms with van der Waals surface area (Å²) >= 11 is 0. The van der Waals surface area contributed by atoms with Crippen LogP contribution < -0.4 is 21.1 Å². The third kappa shape index (κ3) is 6.34. The van der Waals surface area contributed by atoms with Crippen LogP contribution in [0.5, 0.6) is 5.88 Å². The van der Waals surface area contributed by atoms with Gasteiger partial charge >= 0.3 is 6.03 Å². The molecule has 7 heteroatoms. The van der Waals surface area contributed by atoms with Crippen LogP contribution in [0.2, 0.25) is 0 Å². The molecule has 2 aliphatic rings. The number of ether oxygens (including phenoxy) is 1. The summed E-state index contributed by atoms with van der Waals surface area (Å²) in [6, 6.07) is 3.49. The van der Waals surface area contributed by atoms with Crippen LogP contribution in [0.1, 0.15) is 76.6 Å². The number of nitrogens with zero attached hydrogens (tertiary/aromatic N) is 1. The number of carbonyl (C=O) groups is 2. The maximum absolute atomic E-state index is 12.3. The van der Waals surface area contributed by atoms with Gasteiger partial charge in [-0.3, -0.25) is 4.79 Å². The molecule has 0 unspecified atom stereocenters. The Morgan fingerprint density at radius 2 is 1.81 bits per heavy atom. The Morgan fingerprint density at radius 3 is 2.39 bits per heavy atom. The number of pyridine rings is 1. The molecule has 172 valence electrons. The lowest BCUT2D eigenvalue weighted by Gasteiger charge is -2.57. The van der Waals surface area contributed by atoms with Gasteiger partial charge in [-0.2, -0.15) is 0 Å². The molecule has 0 radical (unpaired) electrons. The normalized spacial score (nSPS) is 24.7. The summed E-state index contributed by atoms with van der Waals surface area (Å²) in [5, 5.41) is 6.21. The standard InChI is InChI=1S/C24H38N4O3/c1-15(2)8-17(9-16(3)4)14-27-23(30)28-18-10-24(11-18)12-19(13-24)31-22-20(21(25)29)6-5-7-26-22/h5-7,15-19H,8-14H2,1-4H3,(H2,25,29)(H2,27,28,30). The number of carbonyl (C=O) groups excluding carboxylic acids is 2. The molecule has 2 fully saturated rings. The molecule has 1 spiro atoms. The lowest BCUT2D eigenvalue weighted by molar-refractivity contribution is -0.0843. The van der Waals surface area contributed by atoms with E-state index in [9.17, 15) is 9.59 Å². The van der Waals surface area contributed by atoms with E-state index in [2.05, 4.69) is 43.3 Å². The zero-order valence-corrected chi connectivity index (χ0v) is 19.3. The highest BCUT2D eigenvalue weighted by Crippen LogP contribution is 2.56. The second-order valence-corrected chi connectivity index (χ2v) is 10.5. The summed E-state index contributed by atoms with van der Waals surface area (Å²) in [6.07, 6.45) is 7.74. The zero-order valence-electron chi connectivity index (χ0n) is 19.3. The zero-order chi connectivity index (χ0) is 22.6. The Labute approximate surface area is 185 Å². The number of hydrogen-bond donors (Lipinski definition) is 3. The van der Waals surface area contributed by atoms with E-state index in [0.29, 0.717) is 29.2 Å². The van der Waals surface area contributed by atoms with Crippen molar-refractivity contribution in [3.05, 3.63) is 23.9 Å². The SMILES string of the molecule is CC(C)CC(CNC(=O)NC1CC2(C1)CC(Oc1ncccc1C(N)=O)C2)CC(C)C. The van der Waals surface area contributed by atoms with Gasteiger partial charge in [0.15, 0.2) is 0 Å². The molecule has 1 aromatic rings. The van der Waals surface area contributed by atoms with E-state index >= 15 is 0 Å². The fourth-order valence-electron chi connectivity index (χ4n) is 5.31. The second-order valence-electron chi connectivity index (χ2n) is 10.5. The number of nitrogens with two attached hydrogens (primary N) is 1. The monoisotopic (exact) mass is 430 g/mol. The van der Waals surface area contributed by atoms with Crippen LogP contribution in [0.15, 0.2) is 18.3 Å². The summed E-state index contributed by atoms with van der Waals surface area (Å²) in [6.45, 7) is 9.68. The highest BCUT2D eigenvalue weighted by atomic mass is 16.5. The lowest BCUT2D eigenvalue weighted by Crippen LogP contribution is -2.60. The highest BCUT2D eigenvalue weighted by Gasteiger charge is 2.54. The van der Waals surface area contributed by atoms with E-state index < -0.39 is 5.91 Å². The van der Waals surface area contributed by atoms with Crippen molar-refractivity contribution < 1.29 is 14.3 Å². The summed E-state index contributed by atoms with van der Waals surface area (Å²) in [7, 11) is 0. The molecule has 0 aromatic carbocycles. The van der Waals surface area contributed by atoms with E-state index in [0.717, 1.165) is 45.1 Å². The van der Waals surface area contributed by atoms with Crippen LogP contribution in [-0.4, -0.2) is 35.6 Å². The van der Waals surface area contributed by atoms with Gasteiger partial charge in [0.25, 0.3) is 5.91 Å². The van der Waals surface area contributed by atoms with Gasteiger partial charge < -0.3 is 21.1 Å². The van der Waals surface area contributed by atoms with Crippen molar-refractivity contribution in [3.8, 4) is 5.88 Å². The van der Waals surface area contributed by atoms with Gasteiger partial charge in [0, 0.05) is 18.8 Å². The Hall–Kier alpha value is -2.31. The number of aromatic nitrogens is 1. The Morgan fingerprint density at radius 1 is 1.16 bits per heavy atom. The molecule has 1 aromatic heterocycles. The van der Waals surface area contributed by atoms with Gasteiger partial charge in [-0.05, 0) is 73.8 Å². The van der Waals surface area contributed by atoms with Gasteiger partial charge in [-0.25, -0.2) is 9.78 Å². The van der Waals surface area contributed by atoms with E-state index in [1.54, 1.807) is 18.3 Å². The van der Waals surface area contributed by atoms with Crippen molar-refractivity contribution in [1.29, 1.82) is 0 Å². The molecule has 0 atom stereocenters. The van der Waals surface area contributed by atoms with Gasteiger partial charge in [-0.1, -0.05) is 27.7 Å². The number of rotatable bonds is 10. The summed E-state index contributed by atoms with van der Waals surface area (Å²) < 4.78 is 5.91. The first-order valence-corrected chi connectivity index (χ1v) is 11.6. The predicted molar refractivity (Wildman–Crippen MR) is 121 cm³/mol. The van der Waals surface area contributed by atoms with Crippen LogP contribution in [0.25, 0.3) is 0 Å². The minimum Gasteiger partial charge on any atom is -0.474 e. The number of primary amides is 1. The number of urea groups is 1. The first-order valence-electron chi connectivity index (χ1n) is 11.6. The average Bonchev–Trinajstić information content (AvgIpc) is 2.62. The third-order valence-corrected chi connectivity index (χ3v) is 6.49. The summed E-state index contributed by atoms with van der Waals surface area (Å²) in [5.74, 6) is 1.60. The smallest absolute Gasteiger partial charge is 0.315 e. The van der Waals surface area contributed by atoms with Crippen molar-refractivity contribution in [2.24, 2.45) is 28.9 Å². The predicted octanol–water partition coefficient (Wildman–Crippen LogP) is 3.88. The van der Waals surface area contributed by atoms with Crippen LogP contribution in [0.3, 0.4) is 0 Å². The molecule has 0 bridgehead atoms. The van der Waals surface area contributed by atoms with Gasteiger partial charge in [0.2, 0.25) is 5.88 Å². The molecule has 3 amide bonds. The fourth-order valence-corrected chi connectivity index (χ4v) is 5.31. The molecule has 2 aliphatic carbocycles. The Bertz CT molecular complexity index is 756. The van der Waals surface area contributed by atoms with Crippen LogP contribution in [0.4, 0.5) is 4.79 Å².